The molecule has 5 rings (SSSR count). The quantitative estimate of drug-likeness (QED) is 0.320. The first-order valence-electron chi connectivity index (χ1n) is 10.2. The normalized spacial score (nSPS) is 10.8. The molecule has 0 spiro atoms. The van der Waals surface area contributed by atoms with Crippen molar-refractivity contribution in [3.8, 4) is 28.2 Å². The van der Waals surface area contributed by atoms with E-state index in [1.165, 1.54) is 28.1 Å². The second-order valence-electron chi connectivity index (χ2n) is 7.36. The molecular weight excluding hydrogens is 364 g/mol. The van der Waals surface area contributed by atoms with Crippen molar-refractivity contribution in [2.24, 2.45) is 0 Å². The van der Waals surface area contributed by atoms with Crippen LogP contribution in [0.1, 0.15) is 5.56 Å². The van der Waals surface area contributed by atoms with E-state index in [1.54, 1.807) is 0 Å². The average Bonchev–Trinajstić information content (AvgIpc) is 3.20. The van der Waals surface area contributed by atoms with Crippen molar-refractivity contribution in [1.29, 1.82) is 0 Å². The number of aromatic nitrogens is 2. The Balaban J connectivity index is 1.79. The molecular formula is C28H23N2+. The van der Waals surface area contributed by atoms with Crippen molar-refractivity contribution < 1.29 is 4.57 Å². The van der Waals surface area contributed by atoms with Gasteiger partial charge in [-0.3, -0.25) is 0 Å². The van der Waals surface area contributed by atoms with Gasteiger partial charge in [0.05, 0.1) is 0 Å². The molecule has 1 aromatic heterocycles. The second-order valence-corrected chi connectivity index (χ2v) is 7.36. The molecule has 144 valence electrons. The van der Waals surface area contributed by atoms with E-state index in [-0.39, 0.29) is 0 Å². The lowest BCUT2D eigenvalue weighted by atomic mass is 10.0. The van der Waals surface area contributed by atoms with Gasteiger partial charge in [-0.25, -0.2) is 4.57 Å². The van der Waals surface area contributed by atoms with Crippen LogP contribution >= 0.6 is 0 Å². The van der Waals surface area contributed by atoms with Crippen molar-refractivity contribution >= 4 is 0 Å². The first-order valence-corrected chi connectivity index (χ1v) is 10.2. The summed E-state index contributed by atoms with van der Waals surface area (Å²) in [5.41, 5.74) is 7.26. The lowest BCUT2D eigenvalue weighted by molar-refractivity contribution is -0.676. The summed E-state index contributed by atoms with van der Waals surface area (Å²) in [6, 6.07) is 42.5. The number of nitrogens with zero attached hydrogens (tertiary/aromatic N) is 2. The highest BCUT2D eigenvalue weighted by Gasteiger charge is 2.27. The van der Waals surface area contributed by atoms with Crippen molar-refractivity contribution in [1.82, 2.24) is 4.57 Å². The monoisotopic (exact) mass is 387 g/mol. The summed E-state index contributed by atoms with van der Waals surface area (Å²) in [6.07, 6.45) is 2.23. The number of hydrogen-bond acceptors (Lipinski definition) is 0. The molecule has 2 heteroatoms. The van der Waals surface area contributed by atoms with Gasteiger partial charge in [0, 0.05) is 11.1 Å². The van der Waals surface area contributed by atoms with Gasteiger partial charge in [0.1, 0.15) is 12.2 Å². The van der Waals surface area contributed by atoms with Crippen LogP contribution in [0.5, 0.6) is 0 Å². The van der Waals surface area contributed by atoms with Gasteiger partial charge in [-0.15, -0.1) is 0 Å². The predicted molar refractivity (Wildman–Crippen MR) is 122 cm³/mol. The summed E-state index contributed by atoms with van der Waals surface area (Å²) in [4.78, 5) is 0. The first-order chi connectivity index (χ1) is 14.9. The van der Waals surface area contributed by atoms with Gasteiger partial charge in [0.15, 0.2) is 11.4 Å². The number of para-hydroxylation sites is 1. The van der Waals surface area contributed by atoms with Crippen molar-refractivity contribution in [3.05, 3.63) is 133 Å². The van der Waals surface area contributed by atoms with Crippen LogP contribution in [-0.4, -0.2) is 4.57 Å². The molecule has 0 aliphatic heterocycles. The van der Waals surface area contributed by atoms with Crippen LogP contribution in [0.15, 0.2) is 128 Å². The summed E-state index contributed by atoms with van der Waals surface area (Å²) in [6.45, 7) is 0.810. The molecule has 0 amide bonds. The third kappa shape index (κ3) is 3.56. The Morgan fingerprint density at radius 3 is 1.63 bits per heavy atom. The van der Waals surface area contributed by atoms with Gasteiger partial charge < -0.3 is 0 Å². The fourth-order valence-electron chi connectivity index (χ4n) is 3.96. The number of hydrogen-bond donors (Lipinski definition) is 0. The van der Waals surface area contributed by atoms with Crippen LogP contribution in [0.3, 0.4) is 0 Å². The highest BCUT2D eigenvalue weighted by atomic mass is 15.2. The number of imidazole rings is 1. The number of benzene rings is 4. The van der Waals surface area contributed by atoms with Crippen LogP contribution in [-0.2, 0) is 6.54 Å². The molecule has 4 aromatic carbocycles. The topological polar surface area (TPSA) is 8.81 Å². The van der Waals surface area contributed by atoms with E-state index < -0.39 is 0 Å². The van der Waals surface area contributed by atoms with Crippen LogP contribution in [0.25, 0.3) is 28.2 Å². The van der Waals surface area contributed by atoms with Gasteiger partial charge in [-0.1, -0.05) is 109 Å². The molecule has 0 saturated heterocycles. The molecule has 0 aliphatic carbocycles. The molecule has 1 heterocycles. The summed E-state index contributed by atoms with van der Waals surface area (Å²) >= 11 is 0. The standard InChI is InChI=1S/C28H23N2/c1-5-13-23(14-6-1)21-29-22-30(26-19-11-4-12-20-26)28(25-17-9-3-10-18-25)27(29)24-15-7-2-8-16-24/h1-20,22H,21H2/q+1. The van der Waals surface area contributed by atoms with E-state index in [4.69, 9.17) is 0 Å². The Morgan fingerprint density at radius 2 is 1.03 bits per heavy atom. The predicted octanol–water partition coefficient (Wildman–Crippen LogP) is 6.15. The Labute approximate surface area is 177 Å². The molecule has 0 saturated carbocycles. The molecule has 0 radical (unpaired) electrons. The summed E-state index contributed by atoms with van der Waals surface area (Å²) in [5.74, 6) is 0. The summed E-state index contributed by atoms with van der Waals surface area (Å²) in [7, 11) is 0. The van der Waals surface area contributed by atoms with Crippen molar-refractivity contribution in [2.75, 3.05) is 0 Å². The summed E-state index contributed by atoms with van der Waals surface area (Å²) in [5, 5.41) is 0. The van der Waals surface area contributed by atoms with Gasteiger partial charge >= 0.3 is 0 Å². The highest BCUT2D eigenvalue weighted by molar-refractivity contribution is 5.77. The fraction of sp³-hybridized carbons (Fsp3) is 0.0357. The molecule has 0 unspecified atom stereocenters. The minimum Gasteiger partial charge on any atom is -0.225 e. The smallest absolute Gasteiger partial charge is 0.225 e. The van der Waals surface area contributed by atoms with Gasteiger partial charge in [0.25, 0.3) is 0 Å². The van der Waals surface area contributed by atoms with E-state index >= 15 is 0 Å². The third-order valence-corrected chi connectivity index (χ3v) is 5.33. The van der Waals surface area contributed by atoms with Crippen LogP contribution in [0.4, 0.5) is 0 Å². The summed E-state index contributed by atoms with van der Waals surface area (Å²) < 4.78 is 4.67. The molecule has 0 aliphatic rings. The van der Waals surface area contributed by atoms with E-state index in [0.29, 0.717) is 0 Å². The van der Waals surface area contributed by atoms with E-state index in [2.05, 4.69) is 137 Å². The van der Waals surface area contributed by atoms with Gasteiger partial charge in [-0.2, -0.15) is 4.57 Å². The zero-order valence-electron chi connectivity index (χ0n) is 16.7. The highest BCUT2D eigenvalue weighted by Crippen LogP contribution is 2.32. The van der Waals surface area contributed by atoms with Crippen LogP contribution in [0.2, 0.25) is 0 Å². The molecule has 0 bridgehead atoms. The van der Waals surface area contributed by atoms with Gasteiger partial charge in [-0.05, 0) is 17.7 Å². The Morgan fingerprint density at radius 1 is 0.533 bits per heavy atom. The lowest BCUT2D eigenvalue weighted by Crippen LogP contribution is -2.34. The van der Waals surface area contributed by atoms with Crippen molar-refractivity contribution in [3.63, 3.8) is 0 Å². The van der Waals surface area contributed by atoms with Crippen LogP contribution in [0, 0.1) is 0 Å². The minimum atomic E-state index is 0.810. The Kier molecular flexibility index (Phi) is 4.97. The lowest BCUT2D eigenvalue weighted by Gasteiger charge is -2.06. The van der Waals surface area contributed by atoms with E-state index in [0.717, 1.165) is 12.2 Å². The average molecular weight is 388 g/mol. The van der Waals surface area contributed by atoms with Gasteiger partial charge in [0.2, 0.25) is 6.33 Å². The van der Waals surface area contributed by atoms with E-state index in [9.17, 15) is 0 Å². The fourth-order valence-corrected chi connectivity index (χ4v) is 3.96. The molecule has 5 aromatic rings. The zero-order valence-corrected chi connectivity index (χ0v) is 16.7. The first kappa shape index (κ1) is 18.1. The SMILES string of the molecule is c1ccc(C[n+]2cn(-c3ccccc3)c(-c3ccccc3)c2-c2ccccc2)cc1. The maximum Gasteiger partial charge on any atom is 0.250 e. The maximum absolute atomic E-state index is 2.36. The Hall–Kier alpha value is -3.91. The molecule has 0 fully saturated rings. The molecule has 0 atom stereocenters. The largest absolute Gasteiger partial charge is 0.250 e. The maximum atomic E-state index is 2.36. The minimum absolute atomic E-state index is 0.810. The Bertz CT molecular complexity index is 1230. The van der Waals surface area contributed by atoms with E-state index in [1.807, 2.05) is 0 Å². The second kappa shape index (κ2) is 8.22. The molecule has 2 nitrogen and oxygen atoms in total. The zero-order chi connectivity index (χ0) is 20.2. The molecule has 30 heavy (non-hydrogen) atoms. The van der Waals surface area contributed by atoms with Crippen LogP contribution < -0.4 is 4.57 Å². The number of rotatable bonds is 5. The molecule has 0 N–H and O–H groups in total. The third-order valence-electron chi connectivity index (χ3n) is 5.33. The van der Waals surface area contributed by atoms with Crippen molar-refractivity contribution in [2.45, 2.75) is 6.54 Å².